The van der Waals surface area contributed by atoms with Crippen LogP contribution in [0.4, 0.5) is 18.9 Å². The second-order valence-corrected chi connectivity index (χ2v) is 6.28. The van der Waals surface area contributed by atoms with Crippen molar-refractivity contribution in [2.24, 2.45) is 11.1 Å². The maximum absolute atomic E-state index is 13.8. The molecule has 1 spiro atoms. The normalized spacial score (nSPS) is 30.0. The van der Waals surface area contributed by atoms with Crippen LogP contribution >= 0.6 is 0 Å². The predicted molar refractivity (Wildman–Crippen MR) is 77.0 cm³/mol. The Morgan fingerprint density at radius 3 is 2.43 bits per heavy atom. The van der Waals surface area contributed by atoms with Gasteiger partial charge >= 0.3 is 0 Å². The highest BCUT2D eigenvalue weighted by atomic mass is 19.3. The molecule has 7 heteroatoms. The first-order valence-electron chi connectivity index (χ1n) is 7.32. The van der Waals surface area contributed by atoms with Crippen LogP contribution in [0, 0.1) is 17.7 Å². The van der Waals surface area contributed by atoms with E-state index >= 15 is 0 Å². The Morgan fingerprint density at radius 2 is 1.87 bits per heavy atom. The summed E-state index contributed by atoms with van der Waals surface area (Å²) in [5.74, 6) is -4.78. The summed E-state index contributed by atoms with van der Waals surface area (Å²) in [5, 5.41) is 0. The first kappa shape index (κ1) is 15.8. The lowest BCUT2D eigenvalue weighted by Crippen LogP contribution is -2.44. The monoisotopic (exact) mass is 325 g/mol. The van der Waals surface area contributed by atoms with E-state index < -0.39 is 41.4 Å². The number of nitrogens with two attached hydrogens (primary N) is 1. The quantitative estimate of drug-likeness (QED) is 0.908. The van der Waals surface area contributed by atoms with E-state index in [9.17, 15) is 22.8 Å². The summed E-state index contributed by atoms with van der Waals surface area (Å²) >= 11 is 0. The number of halogens is 3. The molecule has 0 aromatic heterocycles. The maximum Gasteiger partial charge on any atom is 0.249 e. The van der Waals surface area contributed by atoms with Gasteiger partial charge in [-0.25, -0.2) is 13.2 Å². The first-order valence-corrected chi connectivity index (χ1v) is 7.32. The Bertz CT molecular complexity index is 647. The van der Waals surface area contributed by atoms with Crippen LogP contribution in [0.2, 0.25) is 0 Å². The number of carbonyl (C=O) groups is 2. The lowest BCUT2D eigenvalue weighted by Gasteiger charge is -2.36. The lowest BCUT2D eigenvalue weighted by molar-refractivity contribution is -0.135. The van der Waals surface area contributed by atoms with Crippen LogP contribution in [-0.2, 0) is 9.59 Å². The Labute approximate surface area is 131 Å². The molecule has 1 aromatic rings. The Hall–Kier alpha value is -2.05. The molecule has 2 amide bonds. The Morgan fingerprint density at radius 1 is 1.22 bits per heavy atom. The van der Waals surface area contributed by atoms with E-state index in [0.29, 0.717) is 0 Å². The molecule has 123 valence electrons. The van der Waals surface area contributed by atoms with Crippen LogP contribution in [0.1, 0.15) is 25.7 Å². The van der Waals surface area contributed by atoms with Crippen molar-refractivity contribution in [2.45, 2.75) is 37.6 Å². The highest BCUT2D eigenvalue weighted by Gasteiger charge is 2.59. The van der Waals surface area contributed by atoms with E-state index in [0.717, 1.165) is 17.0 Å². The van der Waals surface area contributed by atoms with E-state index in [1.165, 1.54) is 18.6 Å². The predicted octanol–water partition coefficient (Wildman–Crippen LogP) is 2.43. The van der Waals surface area contributed by atoms with Crippen molar-refractivity contribution in [3.8, 4) is 0 Å². The minimum atomic E-state index is -2.98. The van der Waals surface area contributed by atoms with E-state index in [1.54, 1.807) is 0 Å². The minimum absolute atomic E-state index is 0.0510. The zero-order valence-electron chi connectivity index (χ0n) is 12.3. The van der Waals surface area contributed by atoms with Crippen LogP contribution in [0.15, 0.2) is 24.3 Å². The number of primary amides is 1. The standard InChI is InChI=1S/C16H16F3N2O2/c17-10-2-4-11(5-3-10)21-12(13(20)22)8-15(14(21)23)6-1-7-16(18,19)9-15/h1-5,12H,6-9H2,(H2,20,22). The van der Waals surface area contributed by atoms with E-state index in [-0.39, 0.29) is 24.9 Å². The van der Waals surface area contributed by atoms with Gasteiger partial charge in [-0.3, -0.25) is 14.5 Å². The number of carbonyl (C=O) groups excluding carboxylic acids is 2. The highest BCUT2D eigenvalue weighted by molar-refractivity contribution is 6.06. The number of hydrogen-bond donors (Lipinski definition) is 1. The van der Waals surface area contributed by atoms with Gasteiger partial charge in [0.25, 0.3) is 0 Å². The molecule has 1 heterocycles. The molecule has 1 aromatic carbocycles. The van der Waals surface area contributed by atoms with Gasteiger partial charge in [-0.05, 0) is 43.5 Å². The smallest absolute Gasteiger partial charge is 0.249 e. The SMILES string of the molecule is NC(=O)C1CC2(C[CH]CC(F)(F)C2)C(=O)N1c1ccc(F)cc1. The molecule has 3 rings (SSSR count). The van der Waals surface area contributed by atoms with Gasteiger partial charge in [-0.15, -0.1) is 0 Å². The topological polar surface area (TPSA) is 63.4 Å². The van der Waals surface area contributed by atoms with Crippen LogP contribution in [-0.4, -0.2) is 23.8 Å². The summed E-state index contributed by atoms with van der Waals surface area (Å²) < 4.78 is 40.7. The molecular formula is C16H16F3N2O2. The molecule has 1 saturated carbocycles. The fourth-order valence-corrected chi connectivity index (χ4v) is 3.59. The van der Waals surface area contributed by atoms with E-state index in [4.69, 9.17) is 5.73 Å². The van der Waals surface area contributed by atoms with Gasteiger partial charge in [-0.2, -0.15) is 0 Å². The van der Waals surface area contributed by atoms with Gasteiger partial charge in [-0.1, -0.05) is 0 Å². The number of hydrogen-bond acceptors (Lipinski definition) is 2. The van der Waals surface area contributed by atoms with Crippen LogP contribution in [0.5, 0.6) is 0 Å². The van der Waals surface area contributed by atoms with Crippen LogP contribution in [0.25, 0.3) is 0 Å². The number of alkyl halides is 2. The molecule has 1 aliphatic carbocycles. The summed E-state index contributed by atoms with van der Waals surface area (Å²) in [6.45, 7) is 0. The first-order chi connectivity index (χ1) is 10.7. The number of nitrogens with zero attached hydrogens (tertiary/aromatic N) is 1. The number of rotatable bonds is 2. The van der Waals surface area contributed by atoms with Gasteiger partial charge in [0.15, 0.2) is 0 Å². The number of benzene rings is 1. The lowest BCUT2D eigenvalue weighted by atomic mass is 9.70. The zero-order valence-corrected chi connectivity index (χ0v) is 12.3. The summed E-state index contributed by atoms with van der Waals surface area (Å²) in [6.07, 6.45) is 0.553. The highest BCUT2D eigenvalue weighted by Crippen LogP contribution is 2.52. The molecule has 2 atom stereocenters. The molecule has 1 radical (unpaired) electrons. The van der Waals surface area contributed by atoms with Gasteiger partial charge in [0.2, 0.25) is 17.7 Å². The van der Waals surface area contributed by atoms with Crippen molar-refractivity contribution in [2.75, 3.05) is 4.90 Å². The third kappa shape index (κ3) is 2.68. The van der Waals surface area contributed by atoms with Gasteiger partial charge in [0.1, 0.15) is 11.9 Å². The average molecular weight is 325 g/mol. The number of anilines is 1. The fraction of sp³-hybridized carbons (Fsp3) is 0.438. The van der Waals surface area contributed by atoms with Crippen molar-refractivity contribution in [1.29, 1.82) is 0 Å². The summed E-state index contributed by atoms with van der Waals surface area (Å²) in [6, 6.07) is 3.97. The molecule has 4 nitrogen and oxygen atoms in total. The fourth-order valence-electron chi connectivity index (χ4n) is 3.59. The molecule has 2 aliphatic rings. The van der Waals surface area contributed by atoms with Crippen molar-refractivity contribution in [1.82, 2.24) is 0 Å². The van der Waals surface area contributed by atoms with E-state index in [1.807, 2.05) is 0 Å². The molecular weight excluding hydrogens is 309 g/mol. The van der Waals surface area contributed by atoms with Gasteiger partial charge in [0, 0.05) is 18.5 Å². The molecule has 1 saturated heterocycles. The molecule has 1 aliphatic heterocycles. The molecule has 23 heavy (non-hydrogen) atoms. The third-order valence-electron chi connectivity index (χ3n) is 4.58. The zero-order chi connectivity index (χ0) is 16.8. The second-order valence-electron chi connectivity index (χ2n) is 6.28. The summed E-state index contributed by atoms with van der Waals surface area (Å²) in [7, 11) is 0. The third-order valence-corrected chi connectivity index (χ3v) is 4.58. The minimum Gasteiger partial charge on any atom is -0.368 e. The average Bonchev–Trinajstić information content (AvgIpc) is 2.72. The summed E-state index contributed by atoms with van der Waals surface area (Å²) in [5.41, 5.74) is 4.33. The van der Waals surface area contributed by atoms with Crippen molar-refractivity contribution >= 4 is 17.5 Å². The number of amides is 2. The maximum atomic E-state index is 13.8. The van der Waals surface area contributed by atoms with Crippen molar-refractivity contribution in [3.63, 3.8) is 0 Å². The van der Waals surface area contributed by atoms with Crippen molar-refractivity contribution < 1.29 is 22.8 Å². The Balaban J connectivity index is 2.00. The van der Waals surface area contributed by atoms with Crippen molar-refractivity contribution in [3.05, 3.63) is 36.5 Å². The molecule has 2 N–H and O–H groups in total. The van der Waals surface area contributed by atoms with Crippen LogP contribution < -0.4 is 10.6 Å². The molecule has 2 fully saturated rings. The van der Waals surface area contributed by atoms with Gasteiger partial charge < -0.3 is 5.73 Å². The van der Waals surface area contributed by atoms with E-state index in [2.05, 4.69) is 0 Å². The van der Waals surface area contributed by atoms with Crippen LogP contribution in [0.3, 0.4) is 0 Å². The van der Waals surface area contributed by atoms with Gasteiger partial charge in [0.05, 0.1) is 5.41 Å². The Kier molecular flexibility index (Phi) is 3.61. The second kappa shape index (κ2) is 5.25. The molecule has 0 bridgehead atoms. The largest absolute Gasteiger partial charge is 0.368 e. The molecule has 2 unspecified atom stereocenters. The summed E-state index contributed by atoms with van der Waals surface area (Å²) in [4.78, 5) is 25.7.